The lowest BCUT2D eigenvalue weighted by molar-refractivity contribution is -0.122. The normalized spacial score (nSPS) is 19.4. The van der Waals surface area contributed by atoms with E-state index in [9.17, 15) is 4.79 Å². The molecule has 0 bridgehead atoms. The predicted octanol–water partition coefficient (Wildman–Crippen LogP) is 5.63. The molecule has 3 aromatic rings. The van der Waals surface area contributed by atoms with Crippen LogP contribution >= 0.6 is 0 Å². The fourth-order valence-corrected chi connectivity index (χ4v) is 4.68. The molecular formula is C26H32N2O. The molecule has 1 saturated carbocycles. The molecule has 3 heteroatoms. The molecule has 29 heavy (non-hydrogen) atoms. The molecule has 0 aliphatic heterocycles. The zero-order chi connectivity index (χ0) is 20.2. The van der Waals surface area contributed by atoms with E-state index in [0.717, 1.165) is 19.4 Å². The predicted molar refractivity (Wildman–Crippen MR) is 120 cm³/mol. The van der Waals surface area contributed by atoms with Crippen molar-refractivity contribution in [2.24, 2.45) is 5.92 Å². The van der Waals surface area contributed by atoms with E-state index in [2.05, 4.69) is 78.5 Å². The lowest BCUT2D eigenvalue weighted by Gasteiger charge is -2.29. The minimum absolute atomic E-state index is 0.194. The van der Waals surface area contributed by atoms with Crippen LogP contribution in [0.15, 0.2) is 54.7 Å². The van der Waals surface area contributed by atoms with Crippen molar-refractivity contribution in [3.05, 3.63) is 71.4 Å². The monoisotopic (exact) mass is 388 g/mol. The number of amides is 1. The summed E-state index contributed by atoms with van der Waals surface area (Å²) >= 11 is 0. The fourth-order valence-electron chi connectivity index (χ4n) is 4.68. The largest absolute Gasteiger partial charge is 0.353 e. The third kappa shape index (κ3) is 4.55. The molecule has 2 atom stereocenters. The molecule has 0 saturated heterocycles. The van der Waals surface area contributed by atoms with Crippen LogP contribution in [0.4, 0.5) is 0 Å². The number of benzene rings is 2. The Morgan fingerprint density at radius 3 is 2.62 bits per heavy atom. The van der Waals surface area contributed by atoms with Gasteiger partial charge in [-0.2, -0.15) is 0 Å². The van der Waals surface area contributed by atoms with E-state index in [1.54, 1.807) is 0 Å². The first-order valence-corrected chi connectivity index (χ1v) is 11.0. The van der Waals surface area contributed by atoms with E-state index in [4.69, 9.17) is 0 Å². The minimum Gasteiger partial charge on any atom is -0.353 e. The number of hydrogen-bond donors (Lipinski definition) is 1. The van der Waals surface area contributed by atoms with Gasteiger partial charge in [-0.3, -0.25) is 4.79 Å². The topological polar surface area (TPSA) is 34.0 Å². The Hall–Kier alpha value is -2.55. The van der Waals surface area contributed by atoms with Crippen LogP contribution in [0, 0.1) is 12.8 Å². The number of aryl methyl sites for hydroxylation is 2. The molecule has 152 valence electrons. The maximum atomic E-state index is 12.6. The van der Waals surface area contributed by atoms with Gasteiger partial charge in [0.15, 0.2) is 0 Å². The van der Waals surface area contributed by atoms with Gasteiger partial charge in [-0.1, -0.05) is 62.2 Å². The number of hydrogen-bond acceptors (Lipinski definition) is 1. The molecule has 0 spiro atoms. The Labute approximate surface area is 174 Å². The van der Waals surface area contributed by atoms with Crippen molar-refractivity contribution in [3.8, 4) is 0 Å². The van der Waals surface area contributed by atoms with Gasteiger partial charge in [0.2, 0.25) is 5.91 Å². The number of carbonyl (C=O) groups is 1. The Morgan fingerprint density at radius 2 is 1.79 bits per heavy atom. The molecule has 2 aromatic carbocycles. The van der Waals surface area contributed by atoms with E-state index < -0.39 is 0 Å². The van der Waals surface area contributed by atoms with Crippen LogP contribution in [0.25, 0.3) is 10.9 Å². The Morgan fingerprint density at radius 1 is 1.03 bits per heavy atom. The van der Waals surface area contributed by atoms with Crippen LogP contribution in [-0.4, -0.2) is 16.5 Å². The van der Waals surface area contributed by atoms with Gasteiger partial charge in [-0.15, -0.1) is 0 Å². The maximum Gasteiger partial charge on any atom is 0.220 e. The highest BCUT2D eigenvalue weighted by molar-refractivity contribution is 5.85. The number of nitrogens with zero attached hydrogens (tertiary/aromatic N) is 1. The Balaban J connectivity index is 1.48. The van der Waals surface area contributed by atoms with Crippen LogP contribution in [-0.2, 0) is 17.8 Å². The number of aromatic nitrogens is 1. The summed E-state index contributed by atoms with van der Waals surface area (Å²) in [6, 6.07) is 17.5. The zero-order valence-corrected chi connectivity index (χ0v) is 17.7. The van der Waals surface area contributed by atoms with Crippen molar-refractivity contribution in [1.82, 2.24) is 9.88 Å². The molecule has 1 heterocycles. The zero-order valence-electron chi connectivity index (χ0n) is 17.7. The van der Waals surface area contributed by atoms with Gasteiger partial charge in [0.25, 0.3) is 0 Å². The van der Waals surface area contributed by atoms with E-state index >= 15 is 0 Å². The van der Waals surface area contributed by atoms with Crippen molar-refractivity contribution in [2.75, 3.05) is 0 Å². The summed E-state index contributed by atoms with van der Waals surface area (Å²) in [6.07, 6.45) is 8.49. The molecule has 0 radical (unpaired) electrons. The number of para-hydroxylation sites is 1. The summed E-state index contributed by atoms with van der Waals surface area (Å²) in [5.41, 5.74) is 5.16. The lowest BCUT2D eigenvalue weighted by Crippen LogP contribution is -2.41. The first kappa shape index (κ1) is 19.8. The van der Waals surface area contributed by atoms with Gasteiger partial charge in [-0.25, -0.2) is 0 Å². The minimum atomic E-state index is 0.194. The lowest BCUT2D eigenvalue weighted by atomic mass is 9.86. The number of carbonyl (C=O) groups excluding carboxylic acids is 1. The molecule has 1 aliphatic rings. The summed E-state index contributed by atoms with van der Waals surface area (Å²) in [4.78, 5) is 12.6. The van der Waals surface area contributed by atoms with Crippen molar-refractivity contribution in [3.63, 3.8) is 0 Å². The van der Waals surface area contributed by atoms with Crippen LogP contribution in [0.5, 0.6) is 0 Å². The molecule has 1 N–H and O–H groups in total. The molecule has 1 fully saturated rings. The summed E-state index contributed by atoms with van der Waals surface area (Å²) < 4.78 is 2.33. The quantitative estimate of drug-likeness (QED) is 0.584. The molecule has 1 amide bonds. The molecule has 1 aliphatic carbocycles. The molecule has 3 nitrogen and oxygen atoms in total. The highest BCUT2D eigenvalue weighted by Crippen LogP contribution is 2.26. The second-order valence-electron chi connectivity index (χ2n) is 8.66. The van der Waals surface area contributed by atoms with Gasteiger partial charge < -0.3 is 9.88 Å². The van der Waals surface area contributed by atoms with Gasteiger partial charge in [0.05, 0.1) is 0 Å². The van der Waals surface area contributed by atoms with Crippen LogP contribution < -0.4 is 5.32 Å². The second kappa shape index (κ2) is 8.86. The second-order valence-corrected chi connectivity index (χ2v) is 8.66. The van der Waals surface area contributed by atoms with Crippen LogP contribution in [0.3, 0.4) is 0 Å². The summed E-state index contributed by atoms with van der Waals surface area (Å²) in [6.45, 7) is 5.29. The van der Waals surface area contributed by atoms with E-state index in [1.165, 1.54) is 46.9 Å². The third-order valence-electron chi connectivity index (χ3n) is 6.55. The van der Waals surface area contributed by atoms with Gasteiger partial charge >= 0.3 is 0 Å². The van der Waals surface area contributed by atoms with Crippen molar-refractivity contribution in [1.29, 1.82) is 0 Å². The van der Waals surface area contributed by atoms with E-state index in [-0.39, 0.29) is 5.91 Å². The van der Waals surface area contributed by atoms with E-state index in [1.807, 2.05) is 0 Å². The van der Waals surface area contributed by atoms with Crippen molar-refractivity contribution in [2.45, 2.75) is 65.0 Å². The van der Waals surface area contributed by atoms with Crippen LogP contribution in [0.1, 0.15) is 55.7 Å². The van der Waals surface area contributed by atoms with Crippen molar-refractivity contribution < 1.29 is 4.79 Å². The molecule has 4 rings (SSSR count). The smallest absolute Gasteiger partial charge is 0.220 e. The Kier molecular flexibility index (Phi) is 6.03. The number of fused-ring (bicyclic) bond motifs is 1. The van der Waals surface area contributed by atoms with Crippen molar-refractivity contribution >= 4 is 16.8 Å². The third-order valence-corrected chi connectivity index (χ3v) is 6.55. The number of nitrogens with one attached hydrogen (secondary N) is 1. The summed E-state index contributed by atoms with van der Waals surface area (Å²) in [7, 11) is 0. The van der Waals surface area contributed by atoms with Crippen LogP contribution in [0.2, 0.25) is 0 Å². The Bertz CT molecular complexity index is 987. The molecular weight excluding hydrogens is 356 g/mol. The van der Waals surface area contributed by atoms with Gasteiger partial charge in [-0.05, 0) is 54.9 Å². The highest BCUT2D eigenvalue weighted by atomic mass is 16.1. The SMILES string of the molecule is Cc1ccccc1Cn1cc(CCC(=O)N[C@H]2CCCC[C@H]2C)c2ccccc21. The first-order chi connectivity index (χ1) is 14.1. The van der Waals surface area contributed by atoms with E-state index in [0.29, 0.717) is 18.4 Å². The fraction of sp³-hybridized carbons (Fsp3) is 0.423. The summed E-state index contributed by atoms with van der Waals surface area (Å²) in [5.74, 6) is 0.795. The molecule has 1 aromatic heterocycles. The van der Waals surface area contributed by atoms with Gasteiger partial charge in [0.1, 0.15) is 0 Å². The maximum absolute atomic E-state index is 12.6. The summed E-state index contributed by atoms with van der Waals surface area (Å²) in [5, 5.41) is 4.56. The number of rotatable bonds is 6. The molecule has 0 unspecified atom stereocenters. The first-order valence-electron chi connectivity index (χ1n) is 11.0. The highest BCUT2D eigenvalue weighted by Gasteiger charge is 2.22. The average Bonchev–Trinajstić information content (AvgIpc) is 3.08. The average molecular weight is 389 g/mol. The van der Waals surface area contributed by atoms with Gasteiger partial charge in [0, 0.05) is 36.1 Å². The standard InChI is InChI=1S/C26H32N2O/c1-19-9-3-5-11-21(19)17-28-18-22(23-12-6-8-14-25(23)28)15-16-26(29)27-24-13-7-4-10-20(24)2/h3,5-6,8-9,11-12,14,18,20,24H,4,7,10,13,15-17H2,1-2H3,(H,27,29)/t20-,24+/m1/s1.